The van der Waals surface area contributed by atoms with E-state index in [-0.39, 0.29) is 28.8 Å². The Kier molecular flexibility index (Phi) is 5.87. The molecule has 2 aromatic carbocycles. The van der Waals surface area contributed by atoms with Crippen molar-refractivity contribution in [1.29, 1.82) is 0 Å². The fourth-order valence-electron chi connectivity index (χ4n) is 2.05. The lowest BCUT2D eigenvalue weighted by atomic mass is 10.1. The normalized spacial score (nSPS) is 10.8. The molecule has 25 heavy (non-hydrogen) atoms. The lowest BCUT2D eigenvalue weighted by Gasteiger charge is -2.12. The Labute approximate surface area is 146 Å². The molecule has 8 heteroatoms. The lowest BCUT2D eigenvalue weighted by molar-refractivity contribution is -0.139. The van der Waals surface area contributed by atoms with E-state index in [9.17, 15) is 13.2 Å². The van der Waals surface area contributed by atoms with Crippen LogP contribution in [0.15, 0.2) is 47.4 Å². The minimum Gasteiger partial charge on any atom is -0.497 e. The lowest BCUT2D eigenvalue weighted by Crippen LogP contribution is -2.11. The third kappa shape index (κ3) is 4.63. The van der Waals surface area contributed by atoms with Crippen LogP contribution >= 0.6 is 0 Å². The van der Waals surface area contributed by atoms with Crippen LogP contribution in [0.4, 0.5) is 0 Å². The topological polar surface area (TPSA) is 88.1 Å². The molecule has 0 aliphatic rings. The molecule has 0 unspecified atom stereocenters. The summed E-state index contributed by atoms with van der Waals surface area (Å²) >= 11 is 0. The van der Waals surface area contributed by atoms with E-state index in [1.54, 1.807) is 18.2 Å². The van der Waals surface area contributed by atoms with Gasteiger partial charge < -0.3 is 18.4 Å². The van der Waals surface area contributed by atoms with Crippen molar-refractivity contribution < 1.29 is 31.6 Å². The molecule has 0 radical (unpaired) electrons. The van der Waals surface area contributed by atoms with E-state index < -0.39 is 10.1 Å². The van der Waals surface area contributed by atoms with Crippen molar-refractivity contribution in [3.8, 4) is 17.2 Å². The van der Waals surface area contributed by atoms with Crippen LogP contribution in [-0.2, 0) is 26.1 Å². The molecule has 2 aromatic rings. The zero-order valence-corrected chi connectivity index (χ0v) is 14.8. The van der Waals surface area contributed by atoms with Crippen LogP contribution in [0.25, 0.3) is 0 Å². The highest BCUT2D eigenvalue weighted by atomic mass is 32.2. The molecular weight excluding hydrogens is 348 g/mol. The van der Waals surface area contributed by atoms with Gasteiger partial charge in [-0.25, -0.2) is 0 Å². The van der Waals surface area contributed by atoms with Crippen molar-refractivity contribution in [2.24, 2.45) is 0 Å². The standard InChI is InChI=1S/C17H18O7S/c1-21-14-8-9-15(22-2)16(11-14)25(19,20)24-13-6-4-12(5-7-13)10-17(18)23-3/h4-9,11H,10H2,1-3H3. The summed E-state index contributed by atoms with van der Waals surface area (Å²) in [5, 5.41) is 0. The van der Waals surface area contributed by atoms with Gasteiger partial charge in [-0.05, 0) is 29.8 Å². The molecule has 7 nitrogen and oxygen atoms in total. The predicted molar refractivity (Wildman–Crippen MR) is 89.5 cm³/mol. The monoisotopic (exact) mass is 366 g/mol. The molecule has 0 aliphatic carbocycles. The van der Waals surface area contributed by atoms with Crippen LogP contribution in [0.2, 0.25) is 0 Å². The van der Waals surface area contributed by atoms with Crippen LogP contribution < -0.4 is 13.7 Å². The summed E-state index contributed by atoms with van der Waals surface area (Å²) in [6.07, 6.45) is 0.0905. The van der Waals surface area contributed by atoms with Gasteiger partial charge >= 0.3 is 16.1 Å². The van der Waals surface area contributed by atoms with Crippen molar-refractivity contribution in [2.75, 3.05) is 21.3 Å². The van der Waals surface area contributed by atoms with Crippen LogP contribution in [0.3, 0.4) is 0 Å². The van der Waals surface area contributed by atoms with Gasteiger partial charge in [0, 0.05) is 6.07 Å². The van der Waals surface area contributed by atoms with Gasteiger partial charge in [0.1, 0.15) is 17.2 Å². The SMILES string of the molecule is COC(=O)Cc1ccc(OS(=O)(=O)c2cc(OC)ccc2OC)cc1. The molecule has 0 saturated heterocycles. The Balaban J connectivity index is 2.25. The van der Waals surface area contributed by atoms with Crippen LogP contribution in [-0.4, -0.2) is 35.7 Å². The van der Waals surface area contributed by atoms with Crippen LogP contribution in [0.5, 0.6) is 17.2 Å². The predicted octanol–water partition coefficient (Wildman–Crippen LogP) is 2.19. The summed E-state index contributed by atoms with van der Waals surface area (Å²) in [4.78, 5) is 11.1. The number of esters is 1. The van der Waals surface area contributed by atoms with Crippen LogP contribution in [0.1, 0.15) is 5.56 Å². The van der Waals surface area contributed by atoms with Gasteiger partial charge in [-0.3, -0.25) is 4.79 Å². The van der Waals surface area contributed by atoms with E-state index in [4.69, 9.17) is 13.7 Å². The highest BCUT2D eigenvalue weighted by Crippen LogP contribution is 2.30. The number of rotatable bonds is 7. The molecule has 134 valence electrons. The third-order valence-electron chi connectivity index (χ3n) is 3.35. The minimum absolute atomic E-state index is 0.0905. The largest absolute Gasteiger partial charge is 0.497 e. The Hall–Kier alpha value is -2.74. The van der Waals surface area contributed by atoms with E-state index in [1.807, 2.05) is 0 Å². The number of hydrogen-bond donors (Lipinski definition) is 0. The number of ether oxygens (including phenoxy) is 3. The van der Waals surface area contributed by atoms with Crippen molar-refractivity contribution in [3.63, 3.8) is 0 Å². The zero-order valence-electron chi connectivity index (χ0n) is 14.0. The van der Waals surface area contributed by atoms with E-state index in [1.165, 1.54) is 45.6 Å². The second-order valence-electron chi connectivity index (χ2n) is 4.95. The molecule has 0 amide bonds. The summed E-state index contributed by atoms with van der Waals surface area (Å²) in [6, 6.07) is 10.5. The summed E-state index contributed by atoms with van der Waals surface area (Å²) in [5.74, 6) is 0.223. The molecular formula is C17H18O7S. The number of methoxy groups -OCH3 is 3. The van der Waals surface area contributed by atoms with Gasteiger partial charge in [0.25, 0.3) is 0 Å². The second-order valence-corrected chi connectivity index (χ2v) is 6.47. The second kappa shape index (κ2) is 7.89. The van der Waals surface area contributed by atoms with Gasteiger partial charge in [-0.2, -0.15) is 8.42 Å². The Morgan fingerprint density at radius 3 is 2.12 bits per heavy atom. The molecule has 2 rings (SSSR count). The van der Waals surface area contributed by atoms with Crippen LogP contribution in [0, 0.1) is 0 Å². The van der Waals surface area contributed by atoms with Crippen molar-refractivity contribution >= 4 is 16.1 Å². The first-order valence-corrected chi connectivity index (χ1v) is 8.62. The first kappa shape index (κ1) is 18.6. The Bertz CT molecular complexity index is 842. The average Bonchev–Trinajstić information content (AvgIpc) is 2.62. The van der Waals surface area contributed by atoms with Crippen molar-refractivity contribution in [1.82, 2.24) is 0 Å². The Morgan fingerprint density at radius 1 is 0.920 bits per heavy atom. The number of carbonyl (C=O) groups is 1. The molecule has 0 N–H and O–H groups in total. The molecule has 0 bridgehead atoms. The quantitative estimate of drug-likeness (QED) is 0.548. The average molecular weight is 366 g/mol. The van der Waals surface area contributed by atoms with E-state index >= 15 is 0 Å². The molecule has 0 atom stereocenters. The highest BCUT2D eigenvalue weighted by molar-refractivity contribution is 7.87. The molecule has 0 fully saturated rings. The maximum atomic E-state index is 12.5. The third-order valence-corrected chi connectivity index (χ3v) is 4.62. The molecule has 0 saturated carbocycles. The summed E-state index contributed by atoms with van der Waals surface area (Å²) in [5.41, 5.74) is 0.676. The number of hydrogen-bond acceptors (Lipinski definition) is 7. The maximum Gasteiger partial charge on any atom is 0.343 e. The Morgan fingerprint density at radius 2 is 1.56 bits per heavy atom. The van der Waals surface area contributed by atoms with E-state index in [0.717, 1.165) is 0 Å². The minimum atomic E-state index is -4.13. The summed E-state index contributed by atoms with van der Waals surface area (Å²) in [6.45, 7) is 0. The van der Waals surface area contributed by atoms with Gasteiger partial charge in [0.15, 0.2) is 4.90 Å². The summed E-state index contributed by atoms with van der Waals surface area (Å²) in [7, 11) is -0.0332. The first-order chi connectivity index (χ1) is 11.9. The fraction of sp³-hybridized carbons (Fsp3) is 0.235. The highest BCUT2D eigenvalue weighted by Gasteiger charge is 2.23. The smallest absolute Gasteiger partial charge is 0.343 e. The van der Waals surface area contributed by atoms with Gasteiger partial charge in [-0.15, -0.1) is 0 Å². The first-order valence-electron chi connectivity index (χ1n) is 7.22. The molecule has 0 heterocycles. The van der Waals surface area contributed by atoms with Crippen molar-refractivity contribution in [2.45, 2.75) is 11.3 Å². The van der Waals surface area contributed by atoms with Gasteiger partial charge in [0.05, 0.1) is 27.8 Å². The van der Waals surface area contributed by atoms with Gasteiger partial charge in [0.2, 0.25) is 0 Å². The molecule has 0 aromatic heterocycles. The summed E-state index contributed by atoms with van der Waals surface area (Å²) < 4.78 is 44.9. The van der Waals surface area contributed by atoms with E-state index in [0.29, 0.717) is 11.3 Å². The maximum absolute atomic E-state index is 12.5. The van der Waals surface area contributed by atoms with E-state index in [2.05, 4.69) is 4.74 Å². The van der Waals surface area contributed by atoms with Crippen molar-refractivity contribution in [3.05, 3.63) is 48.0 Å². The fourth-order valence-corrected chi connectivity index (χ4v) is 3.17. The molecule has 0 spiro atoms. The molecule has 0 aliphatic heterocycles. The number of carbonyl (C=O) groups excluding carboxylic acids is 1. The number of benzene rings is 2. The van der Waals surface area contributed by atoms with Gasteiger partial charge in [-0.1, -0.05) is 12.1 Å². The zero-order chi connectivity index (χ0) is 18.4.